The highest BCUT2D eigenvalue weighted by Crippen LogP contribution is 2.31. The monoisotopic (exact) mass is 528 g/mol. The van der Waals surface area contributed by atoms with Crippen molar-refractivity contribution >= 4 is 33.9 Å². The maximum Gasteiger partial charge on any atom is 0.257 e. The molecule has 0 bridgehead atoms. The number of halogens is 1. The number of fused-ring (bicyclic) bond motifs is 2. The zero-order valence-corrected chi connectivity index (χ0v) is 21.8. The molecule has 0 saturated carbocycles. The van der Waals surface area contributed by atoms with E-state index in [9.17, 15) is 9.90 Å². The fourth-order valence-electron chi connectivity index (χ4n) is 5.25. The van der Waals surface area contributed by atoms with Gasteiger partial charge in [-0.15, -0.1) is 0 Å². The number of rotatable bonds is 6. The third-order valence-corrected chi connectivity index (χ3v) is 7.42. The minimum Gasteiger partial charge on any atom is -0.387 e. The van der Waals surface area contributed by atoms with Crippen molar-refractivity contribution in [2.24, 2.45) is 9.98 Å². The van der Waals surface area contributed by atoms with Gasteiger partial charge in [-0.25, -0.2) is 0 Å². The van der Waals surface area contributed by atoms with E-state index in [4.69, 9.17) is 21.6 Å². The predicted molar refractivity (Wildman–Crippen MR) is 151 cm³/mol. The number of aliphatic hydroxyl groups is 1. The van der Waals surface area contributed by atoms with Crippen LogP contribution in [0.2, 0.25) is 5.02 Å². The first-order valence-electron chi connectivity index (χ1n) is 12.8. The number of aryl methyl sites for hydroxylation is 1. The van der Waals surface area contributed by atoms with Crippen molar-refractivity contribution in [3.8, 4) is 0 Å². The van der Waals surface area contributed by atoms with Gasteiger partial charge in [-0.2, -0.15) is 0 Å². The molecule has 2 aliphatic heterocycles. The molecule has 0 amide bonds. The van der Waals surface area contributed by atoms with Crippen LogP contribution in [-0.4, -0.2) is 42.8 Å². The molecule has 1 fully saturated rings. The van der Waals surface area contributed by atoms with Crippen molar-refractivity contribution < 1.29 is 5.11 Å². The molecular weight excluding hydrogens is 500 g/mol. The zero-order valence-electron chi connectivity index (χ0n) is 21.0. The average molecular weight is 529 g/mol. The van der Waals surface area contributed by atoms with E-state index in [-0.39, 0.29) is 12.1 Å². The molecule has 8 nitrogen and oxygen atoms in total. The number of piperazine rings is 1. The maximum absolute atomic E-state index is 13.4. The van der Waals surface area contributed by atoms with Gasteiger partial charge in [0.1, 0.15) is 0 Å². The van der Waals surface area contributed by atoms with Gasteiger partial charge in [0.15, 0.2) is 6.17 Å². The van der Waals surface area contributed by atoms with E-state index in [1.165, 1.54) is 0 Å². The van der Waals surface area contributed by atoms with Gasteiger partial charge in [-0.1, -0.05) is 41.9 Å². The number of nitrogens with one attached hydrogen (secondary N) is 3. The molecular formula is C29H29ClN6O2. The number of aliphatic hydroxyl groups excluding tert-OH is 1. The van der Waals surface area contributed by atoms with Crippen LogP contribution >= 0.6 is 11.6 Å². The second-order valence-corrected chi connectivity index (χ2v) is 10.2. The largest absolute Gasteiger partial charge is 0.387 e. The lowest BCUT2D eigenvalue weighted by atomic mass is 10.1. The van der Waals surface area contributed by atoms with Gasteiger partial charge >= 0.3 is 0 Å². The minimum absolute atomic E-state index is 0.187. The molecule has 3 heterocycles. The summed E-state index contributed by atoms with van der Waals surface area (Å²) < 4.78 is 0. The zero-order chi connectivity index (χ0) is 26.2. The lowest BCUT2D eigenvalue weighted by Gasteiger charge is -2.29. The Labute approximate surface area is 224 Å². The van der Waals surface area contributed by atoms with Gasteiger partial charge < -0.3 is 25.6 Å². The Balaban J connectivity index is 1.40. The molecule has 0 radical (unpaired) electrons. The first kappa shape index (κ1) is 24.6. The van der Waals surface area contributed by atoms with Crippen molar-refractivity contribution in [2.75, 3.05) is 42.9 Å². The highest BCUT2D eigenvalue weighted by molar-refractivity contribution is 6.30. The van der Waals surface area contributed by atoms with Gasteiger partial charge in [0.05, 0.1) is 33.6 Å². The Hall–Kier alpha value is -3.72. The van der Waals surface area contributed by atoms with E-state index in [2.05, 4.69) is 32.7 Å². The molecule has 0 spiro atoms. The van der Waals surface area contributed by atoms with Crippen molar-refractivity contribution in [3.05, 3.63) is 103 Å². The predicted octanol–water partition coefficient (Wildman–Crippen LogP) is 3.00. The number of hydrogen-bond donors (Lipinski definition) is 4. The highest BCUT2D eigenvalue weighted by atomic mass is 35.5. The number of benzene rings is 3. The molecule has 3 aromatic carbocycles. The minimum atomic E-state index is -0.821. The van der Waals surface area contributed by atoms with Crippen LogP contribution in [0, 0.1) is 6.92 Å². The highest BCUT2D eigenvalue weighted by Gasteiger charge is 2.25. The summed E-state index contributed by atoms with van der Waals surface area (Å²) in [6.45, 7) is 5.99. The van der Waals surface area contributed by atoms with Gasteiger partial charge in [0, 0.05) is 48.8 Å². The van der Waals surface area contributed by atoms with E-state index < -0.39 is 12.3 Å². The van der Waals surface area contributed by atoms with Gasteiger partial charge in [0.25, 0.3) is 5.56 Å². The number of anilines is 2. The van der Waals surface area contributed by atoms with Crippen molar-refractivity contribution in [2.45, 2.75) is 19.2 Å². The number of aromatic amines is 1. The number of hydrogen-bond acceptors (Lipinski definition) is 7. The van der Waals surface area contributed by atoms with Crippen LogP contribution in [0.15, 0.2) is 75.4 Å². The molecule has 2 aliphatic rings. The van der Waals surface area contributed by atoms with Crippen LogP contribution in [0.1, 0.15) is 29.0 Å². The summed E-state index contributed by atoms with van der Waals surface area (Å²) in [6, 6.07) is 19.0. The number of aromatic nitrogens is 1. The van der Waals surface area contributed by atoms with Gasteiger partial charge in [0.2, 0.25) is 0 Å². The normalized spacial score (nSPS) is 17.6. The fraction of sp³-hybridized carbons (Fsp3) is 0.276. The van der Waals surface area contributed by atoms with Crippen LogP contribution in [0.25, 0.3) is 10.9 Å². The van der Waals surface area contributed by atoms with E-state index in [1.807, 2.05) is 37.3 Å². The third-order valence-electron chi connectivity index (χ3n) is 7.18. The van der Waals surface area contributed by atoms with Crippen LogP contribution in [0.4, 0.5) is 11.4 Å². The molecule has 9 heteroatoms. The Morgan fingerprint density at radius 2 is 1.92 bits per heavy atom. The summed E-state index contributed by atoms with van der Waals surface area (Å²) in [4.78, 5) is 28.6. The van der Waals surface area contributed by atoms with Gasteiger partial charge in [-0.3, -0.25) is 14.8 Å². The fourth-order valence-corrected chi connectivity index (χ4v) is 5.45. The van der Waals surface area contributed by atoms with Crippen LogP contribution < -0.4 is 31.8 Å². The lowest BCUT2D eigenvalue weighted by molar-refractivity contribution is 0.191. The first-order valence-corrected chi connectivity index (χ1v) is 13.2. The molecule has 38 heavy (non-hydrogen) atoms. The maximum atomic E-state index is 13.4. The molecule has 1 aromatic heterocycles. The summed E-state index contributed by atoms with van der Waals surface area (Å²) in [5.41, 5.74) is 4.35. The first-order chi connectivity index (χ1) is 18.5. The Bertz CT molecular complexity index is 1700. The molecule has 194 valence electrons. The second-order valence-electron chi connectivity index (χ2n) is 9.74. The van der Waals surface area contributed by atoms with E-state index in [0.717, 1.165) is 53.5 Å². The quantitative estimate of drug-likeness (QED) is 0.308. The summed E-state index contributed by atoms with van der Waals surface area (Å²) >= 11 is 6.13. The molecule has 2 unspecified atom stereocenters. The Kier molecular flexibility index (Phi) is 6.61. The smallest absolute Gasteiger partial charge is 0.257 e. The summed E-state index contributed by atoms with van der Waals surface area (Å²) in [5.74, 6) is 0. The molecule has 1 saturated heterocycles. The van der Waals surface area contributed by atoms with Crippen molar-refractivity contribution in [1.82, 2.24) is 10.3 Å². The van der Waals surface area contributed by atoms with Crippen LogP contribution in [-0.2, 0) is 0 Å². The second kappa shape index (κ2) is 10.2. The molecule has 4 N–H and O–H groups in total. The van der Waals surface area contributed by atoms with E-state index in [1.54, 1.807) is 18.2 Å². The van der Waals surface area contributed by atoms with Crippen LogP contribution in [0.5, 0.6) is 0 Å². The Morgan fingerprint density at radius 3 is 2.74 bits per heavy atom. The molecule has 4 aromatic rings. The van der Waals surface area contributed by atoms with Crippen LogP contribution in [0.3, 0.4) is 0 Å². The summed E-state index contributed by atoms with van der Waals surface area (Å²) in [5, 5.41) is 20.6. The van der Waals surface area contributed by atoms with Gasteiger partial charge in [-0.05, 0) is 48.4 Å². The topological polar surface area (TPSA) is 105 Å². The third kappa shape index (κ3) is 4.67. The Morgan fingerprint density at radius 1 is 1.11 bits per heavy atom. The SMILES string of the molecule is Cc1cc(N2CCNCC2)cc2c1=NC(c1c(NCC(O)c3cccc(Cl)c3)c3ccccc3[nH]c1=O)N=2. The number of para-hydroxylation sites is 1. The molecule has 0 aliphatic carbocycles. The molecule has 2 atom stereocenters. The van der Waals surface area contributed by atoms with E-state index in [0.29, 0.717) is 27.4 Å². The number of pyridine rings is 1. The lowest BCUT2D eigenvalue weighted by Crippen LogP contribution is -2.44. The van der Waals surface area contributed by atoms with Crippen molar-refractivity contribution in [1.29, 1.82) is 0 Å². The average Bonchev–Trinajstić information content (AvgIpc) is 3.36. The van der Waals surface area contributed by atoms with E-state index >= 15 is 0 Å². The molecule has 6 rings (SSSR count). The van der Waals surface area contributed by atoms with Crippen molar-refractivity contribution in [3.63, 3.8) is 0 Å². The number of nitrogens with zero attached hydrogens (tertiary/aromatic N) is 3. The number of H-pyrrole nitrogens is 1. The summed E-state index contributed by atoms with van der Waals surface area (Å²) in [7, 11) is 0. The summed E-state index contributed by atoms with van der Waals surface area (Å²) in [6.07, 6.45) is -1.51. The standard InChI is InChI=1S/C29H29ClN6O2/c1-17-13-20(36-11-9-31-10-12-36)15-23-26(17)35-28(33-23)25-27(21-7-2-3-8-22(21)34-29(25)38)32-16-24(37)18-5-4-6-19(30)14-18/h2-8,13-15,24,28,31,37H,9-12,16H2,1H3,(H2,32,34,38).